The predicted octanol–water partition coefficient (Wildman–Crippen LogP) is 0.511. The summed E-state index contributed by atoms with van der Waals surface area (Å²) in [6, 6.07) is 2.86. The van der Waals surface area contributed by atoms with Gasteiger partial charge in [-0.3, -0.25) is 10.1 Å². The van der Waals surface area contributed by atoms with Crippen molar-refractivity contribution in [3.63, 3.8) is 0 Å². The highest BCUT2D eigenvalue weighted by molar-refractivity contribution is 5.37. The molecule has 0 aliphatic rings. The Bertz CT molecular complexity index is 412. The van der Waals surface area contributed by atoms with Gasteiger partial charge in [0.2, 0.25) is 5.82 Å². The molecule has 2 atom stereocenters. The lowest BCUT2D eigenvalue weighted by Gasteiger charge is -2.16. The van der Waals surface area contributed by atoms with Gasteiger partial charge in [0, 0.05) is 12.7 Å². The second-order valence-electron chi connectivity index (χ2n) is 3.49. The summed E-state index contributed by atoms with van der Waals surface area (Å²) in [4.78, 5) is 9.56. The quantitative estimate of drug-likeness (QED) is 0.518. The second kappa shape index (κ2) is 5.67. The van der Waals surface area contributed by atoms with E-state index in [1.54, 1.807) is 0 Å². The standard InChI is InChI=1S/C10H12FNO5/c11-7-2-1-6(5-8(7)12(16)17)10(15)9(14)3-4-13/h1-2,5,9-10,13-15H,3-4H2. The molecular weight excluding hydrogens is 233 g/mol. The molecule has 0 spiro atoms. The molecule has 0 fully saturated rings. The Labute approximate surface area is 96.1 Å². The van der Waals surface area contributed by atoms with Crippen LogP contribution in [0, 0.1) is 15.9 Å². The molecule has 0 bridgehead atoms. The van der Waals surface area contributed by atoms with Crippen molar-refractivity contribution in [3.05, 3.63) is 39.7 Å². The lowest BCUT2D eigenvalue weighted by molar-refractivity contribution is -0.387. The van der Waals surface area contributed by atoms with Crippen molar-refractivity contribution < 1.29 is 24.6 Å². The smallest absolute Gasteiger partial charge is 0.305 e. The molecule has 17 heavy (non-hydrogen) atoms. The van der Waals surface area contributed by atoms with Crippen molar-refractivity contribution in [2.45, 2.75) is 18.6 Å². The van der Waals surface area contributed by atoms with E-state index < -0.39 is 28.6 Å². The molecule has 0 aliphatic carbocycles. The number of rotatable bonds is 5. The van der Waals surface area contributed by atoms with Crippen LogP contribution in [0.5, 0.6) is 0 Å². The van der Waals surface area contributed by atoms with E-state index in [9.17, 15) is 24.7 Å². The fourth-order valence-electron chi connectivity index (χ4n) is 1.37. The minimum Gasteiger partial charge on any atom is -0.396 e. The summed E-state index contributed by atoms with van der Waals surface area (Å²) < 4.78 is 13.0. The third kappa shape index (κ3) is 3.19. The van der Waals surface area contributed by atoms with E-state index in [2.05, 4.69) is 0 Å². The van der Waals surface area contributed by atoms with E-state index in [0.29, 0.717) is 0 Å². The summed E-state index contributed by atoms with van der Waals surface area (Å²) >= 11 is 0. The lowest BCUT2D eigenvalue weighted by atomic mass is 10.0. The van der Waals surface area contributed by atoms with Crippen LogP contribution < -0.4 is 0 Å². The number of halogens is 1. The van der Waals surface area contributed by atoms with Crippen molar-refractivity contribution in [2.75, 3.05) is 6.61 Å². The van der Waals surface area contributed by atoms with Gasteiger partial charge in [-0.2, -0.15) is 4.39 Å². The van der Waals surface area contributed by atoms with Crippen LogP contribution >= 0.6 is 0 Å². The van der Waals surface area contributed by atoms with E-state index in [4.69, 9.17) is 5.11 Å². The van der Waals surface area contributed by atoms with Crippen molar-refractivity contribution in [3.8, 4) is 0 Å². The van der Waals surface area contributed by atoms with Crippen molar-refractivity contribution in [1.82, 2.24) is 0 Å². The molecular formula is C10H12FNO5. The fraction of sp³-hybridized carbons (Fsp3) is 0.400. The Morgan fingerprint density at radius 2 is 2.06 bits per heavy atom. The van der Waals surface area contributed by atoms with Crippen LogP contribution in [0.3, 0.4) is 0 Å². The third-order valence-electron chi connectivity index (χ3n) is 2.30. The topological polar surface area (TPSA) is 104 Å². The minimum absolute atomic E-state index is 0.0269. The van der Waals surface area contributed by atoms with Crippen LogP contribution in [0.15, 0.2) is 18.2 Å². The van der Waals surface area contributed by atoms with Gasteiger partial charge in [0.1, 0.15) is 6.10 Å². The highest BCUT2D eigenvalue weighted by Crippen LogP contribution is 2.25. The molecule has 6 nitrogen and oxygen atoms in total. The highest BCUT2D eigenvalue weighted by Gasteiger charge is 2.22. The number of benzene rings is 1. The molecule has 0 saturated heterocycles. The first kappa shape index (κ1) is 13.5. The van der Waals surface area contributed by atoms with Gasteiger partial charge in [0.05, 0.1) is 11.0 Å². The van der Waals surface area contributed by atoms with Crippen LogP contribution in [-0.2, 0) is 0 Å². The Kier molecular flexibility index (Phi) is 4.50. The third-order valence-corrected chi connectivity index (χ3v) is 2.30. The van der Waals surface area contributed by atoms with Gasteiger partial charge >= 0.3 is 5.69 Å². The number of nitro benzene ring substituents is 1. The summed E-state index contributed by atoms with van der Waals surface area (Å²) in [7, 11) is 0. The van der Waals surface area contributed by atoms with Crippen LogP contribution in [0.25, 0.3) is 0 Å². The maximum atomic E-state index is 13.0. The molecule has 3 N–H and O–H groups in total. The predicted molar refractivity (Wildman–Crippen MR) is 55.7 cm³/mol. The molecule has 7 heteroatoms. The van der Waals surface area contributed by atoms with E-state index in [1.807, 2.05) is 0 Å². The molecule has 0 heterocycles. The maximum absolute atomic E-state index is 13.0. The van der Waals surface area contributed by atoms with Gasteiger partial charge in [0.25, 0.3) is 0 Å². The van der Waals surface area contributed by atoms with Gasteiger partial charge < -0.3 is 15.3 Å². The summed E-state index contributed by atoms with van der Waals surface area (Å²) in [5.41, 5.74) is -0.739. The van der Waals surface area contributed by atoms with Crippen LogP contribution in [0.2, 0.25) is 0 Å². The second-order valence-corrected chi connectivity index (χ2v) is 3.49. The molecule has 1 aromatic carbocycles. The highest BCUT2D eigenvalue weighted by atomic mass is 19.1. The van der Waals surface area contributed by atoms with E-state index in [0.717, 1.165) is 18.2 Å². The number of aliphatic hydroxyl groups is 3. The Morgan fingerprint density at radius 3 is 2.59 bits per heavy atom. The average Bonchev–Trinajstić information content (AvgIpc) is 2.28. The molecule has 0 amide bonds. The molecule has 0 radical (unpaired) electrons. The Morgan fingerprint density at radius 1 is 1.41 bits per heavy atom. The first-order valence-electron chi connectivity index (χ1n) is 4.88. The Hall–Kier alpha value is -1.57. The molecule has 2 unspecified atom stereocenters. The van der Waals surface area contributed by atoms with Gasteiger partial charge in [0.15, 0.2) is 0 Å². The largest absolute Gasteiger partial charge is 0.396 e. The number of nitrogens with zero attached hydrogens (tertiary/aromatic N) is 1. The van der Waals surface area contributed by atoms with E-state index in [-0.39, 0.29) is 18.6 Å². The summed E-state index contributed by atoms with van der Waals surface area (Å²) in [5.74, 6) is -1.01. The number of aliphatic hydroxyl groups excluding tert-OH is 3. The van der Waals surface area contributed by atoms with Crippen molar-refractivity contribution in [2.24, 2.45) is 0 Å². The van der Waals surface area contributed by atoms with Crippen LogP contribution in [-0.4, -0.2) is 33.0 Å². The first-order valence-corrected chi connectivity index (χ1v) is 4.88. The maximum Gasteiger partial charge on any atom is 0.305 e. The normalized spacial score (nSPS) is 14.4. The van der Waals surface area contributed by atoms with Gasteiger partial charge in [-0.25, -0.2) is 0 Å². The van der Waals surface area contributed by atoms with Crippen LogP contribution in [0.4, 0.5) is 10.1 Å². The van der Waals surface area contributed by atoms with Crippen molar-refractivity contribution >= 4 is 5.69 Å². The zero-order chi connectivity index (χ0) is 13.0. The molecule has 0 saturated carbocycles. The van der Waals surface area contributed by atoms with Crippen molar-refractivity contribution in [1.29, 1.82) is 0 Å². The van der Waals surface area contributed by atoms with Crippen LogP contribution in [0.1, 0.15) is 18.1 Å². The summed E-state index contributed by atoms with van der Waals surface area (Å²) in [6.45, 7) is -0.332. The number of nitro groups is 1. The molecule has 1 rings (SSSR count). The fourth-order valence-corrected chi connectivity index (χ4v) is 1.37. The van der Waals surface area contributed by atoms with Gasteiger partial charge in [-0.1, -0.05) is 6.07 Å². The zero-order valence-electron chi connectivity index (χ0n) is 8.78. The van der Waals surface area contributed by atoms with E-state index in [1.165, 1.54) is 0 Å². The zero-order valence-corrected chi connectivity index (χ0v) is 8.78. The number of hydrogen-bond acceptors (Lipinski definition) is 5. The lowest BCUT2D eigenvalue weighted by Crippen LogP contribution is -2.19. The SMILES string of the molecule is O=[N+]([O-])c1cc(C(O)C(O)CCO)ccc1F. The first-order chi connectivity index (χ1) is 7.97. The average molecular weight is 245 g/mol. The van der Waals surface area contributed by atoms with Gasteiger partial charge in [-0.05, 0) is 18.1 Å². The summed E-state index contributed by atoms with van der Waals surface area (Å²) in [5, 5.41) is 38.1. The monoisotopic (exact) mass is 245 g/mol. The van der Waals surface area contributed by atoms with E-state index >= 15 is 0 Å². The molecule has 94 valence electrons. The number of hydrogen-bond donors (Lipinski definition) is 3. The Balaban J connectivity index is 2.99. The molecule has 0 aliphatic heterocycles. The molecule has 0 aromatic heterocycles. The molecule has 1 aromatic rings. The minimum atomic E-state index is -1.40. The summed E-state index contributed by atoms with van der Waals surface area (Å²) in [6.07, 6.45) is -2.74. The van der Waals surface area contributed by atoms with Gasteiger partial charge in [-0.15, -0.1) is 0 Å².